The van der Waals surface area contributed by atoms with Gasteiger partial charge in [0.05, 0.1) is 25.7 Å². The van der Waals surface area contributed by atoms with Gasteiger partial charge in [-0.2, -0.15) is 0 Å². The Hall–Kier alpha value is -1.51. The van der Waals surface area contributed by atoms with E-state index in [1.165, 1.54) is 0 Å². The maximum atomic E-state index is 12.6. The smallest absolute Gasteiger partial charge is 0.316 e. The Labute approximate surface area is 166 Å². The third-order valence-electron chi connectivity index (χ3n) is 5.96. The summed E-state index contributed by atoms with van der Waals surface area (Å²) in [5.41, 5.74) is -0.740. The molecule has 28 heavy (non-hydrogen) atoms. The van der Waals surface area contributed by atoms with Crippen LogP contribution in [0.4, 0.5) is 0 Å². The van der Waals surface area contributed by atoms with Crippen molar-refractivity contribution in [2.24, 2.45) is 5.92 Å². The number of Topliss-reactive ketones (excluding diaryl/α,β-unsaturated/α-hetero) is 1. The van der Waals surface area contributed by atoms with Crippen LogP contribution < -0.4 is 10.6 Å². The largest absolute Gasteiger partial charge is 0.453 e. The van der Waals surface area contributed by atoms with E-state index >= 15 is 0 Å². The first-order chi connectivity index (χ1) is 13.4. The third-order valence-corrected chi connectivity index (χ3v) is 5.96. The van der Waals surface area contributed by atoms with Gasteiger partial charge >= 0.3 is 5.97 Å². The molecule has 0 bridgehead atoms. The lowest BCUT2D eigenvalue weighted by atomic mass is 9.92. The number of hydrogen-bond donors (Lipinski definition) is 2. The predicted molar refractivity (Wildman–Crippen MR) is 103 cm³/mol. The Kier molecular flexibility index (Phi) is 7.06. The molecular weight excluding hydrogens is 362 g/mol. The van der Waals surface area contributed by atoms with Crippen molar-refractivity contribution in [1.29, 1.82) is 0 Å². The maximum absolute atomic E-state index is 12.6. The molecule has 0 aromatic heterocycles. The highest BCUT2D eigenvalue weighted by Gasteiger charge is 2.49. The molecule has 158 valence electrons. The molecule has 2 saturated heterocycles. The fourth-order valence-electron chi connectivity index (χ4n) is 3.77. The minimum absolute atomic E-state index is 0.0273. The quantitative estimate of drug-likeness (QED) is 0.520. The first kappa shape index (κ1) is 21.2. The Morgan fingerprint density at radius 3 is 2.71 bits per heavy atom. The second kappa shape index (κ2) is 9.33. The fourth-order valence-corrected chi connectivity index (χ4v) is 3.77. The molecule has 1 saturated carbocycles. The van der Waals surface area contributed by atoms with E-state index in [0.717, 1.165) is 32.2 Å². The molecule has 3 aliphatic rings. The van der Waals surface area contributed by atoms with Crippen molar-refractivity contribution in [1.82, 2.24) is 15.5 Å². The molecule has 8 heteroatoms. The molecule has 3 fully saturated rings. The second-order valence-electron chi connectivity index (χ2n) is 8.41. The number of carbonyl (C=O) groups excluding carboxylic acids is 3. The fraction of sp³-hybridized carbons (Fsp3) is 0.850. The summed E-state index contributed by atoms with van der Waals surface area (Å²) in [5, 5.41) is 6.58. The highest BCUT2D eigenvalue weighted by molar-refractivity contribution is 5.98. The number of nitrogens with zero attached hydrogens (tertiary/aromatic N) is 1. The molecule has 1 aliphatic carbocycles. The van der Waals surface area contributed by atoms with E-state index in [0.29, 0.717) is 45.1 Å². The van der Waals surface area contributed by atoms with E-state index in [4.69, 9.17) is 9.47 Å². The van der Waals surface area contributed by atoms with Gasteiger partial charge in [0, 0.05) is 26.1 Å². The van der Waals surface area contributed by atoms with Gasteiger partial charge in [-0.05, 0) is 45.6 Å². The van der Waals surface area contributed by atoms with Gasteiger partial charge in [-0.15, -0.1) is 0 Å². The zero-order valence-corrected chi connectivity index (χ0v) is 17.0. The Morgan fingerprint density at radius 2 is 2.04 bits per heavy atom. The number of ether oxygens (including phenoxy) is 2. The molecule has 2 unspecified atom stereocenters. The van der Waals surface area contributed by atoms with E-state index in [1.807, 2.05) is 0 Å². The number of likely N-dealkylation sites (tertiary alicyclic amines) is 1. The maximum Gasteiger partial charge on any atom is 0.316 e. The van der Waals surface area contributed by atoms with Crippen molar-refractivity contribution in [3.8, 4) is 0 Å². The van der Waals surface area contributed by atoms with E-state index in [2.05, 4.69) is 10.6 Å². The molecule has 2 atom stereocenters. The molecule has 2 N–H and O–H groups in total. The van der Waals surface area contributed by atoms with Crippen molar-refractivity contribution in [2.45, 2.75) is 63.2 Å². The molecule has 1 spiro atoms. The molecule has 2 heterocycles. The minimum atomic E-state index is -0.795. The molecule has 1 amide bonds. The summed E-state index contributed by atoms with van der Waals surface area (Å²) in [7, 11) is 1.66. The molecular formula is C20H33N3O5. The number of hydrogen-bond acceptors (Lipinski definition) is 7. The highest BCUT2D eigenvalue weighted by atomic mass is 16.6. The number of amides is 1. The van der Waals surface area contributed by atoms with Gasteiger partial charge < -0.3 is 25.0 Å². The van der Waals surface area contributed by atoms with Crippen molar-refractivity contribution in [3.63, 3.8) is 0 Å². The van der Waals surface area contributed by atoms with Gasteiger partial charge in [-0.3, -0.25) is 14.4 Å². The van der Waals surface area contributed by atoms with Crippen molar-refractivity contribution < 1.29 is 23.9 Å². The van der Waals surface area contributed by atoms with E-state index in [-0.39, 0.29) is 17.8 Å². The first-order valence-corrected chi connectivity index (χ1v) is 10.4. The van der Waals surface area contributed by atoms with Crippen molar-refractivity contribution in [2.75, 3.05) is 39.8 Å². The van der Waals surface area contributed by atoms with Crippen molar-refractivity contribution in [3.05, 3.63) is 0 Å². The molecule has 8 nitrogen and oxygen atoms in total. The van der Waals surface area contributed by atoms with E-state index < -0.39 is 17.5 Å². The average molecular weight is 396 g/mol. The number of nitrogens with one attached hydrogen (secondary N) is 2. The zero-order chi connectivity index (χ0) is 20.1. The van der Waals surface area contributed by atoms with Crippen LogP contribution in [0, 0.1) is 5.92 Å². The lowest BCUT2D eigenvalue weighted by Crippen LogP contribution is -2.70. The summed E-state index contributed by atoms with van der Waals surface area (Å²) in [5.74, 6) is -1.38. The molecule has 3 rings (SSSR count). The van der Waals surface area contributed by atoms with Crippen LogP contribution in [-0.2, 0) is 23.9 Å². The summed E-state index contributed by atoms with van der Waals surface area (Å²) >= 11 is 0. The summed E-state index contributed by atoms with van der Waals surface area (Å²) in [6.07, 6.45) is 5.01. The second-order valence-corrected chi connectivity index (χ2v) is 8.41. The Balaban J connectivity index is 1.58. The lowest BCUT2D eigenvalue weighted by Gasteiger charge is -2.49. The van der Waals surface area contributed by atoms with Crippen LogP contribution >= 0.6 is 0 Å². The number of esters is 1. The number of methoxy groups -OCH3 is 1. The standard InChI is InChI=1S/C20H33N3O5/c1-14-17(24)8-7-16(27-2)4-3-9-21-11-20(28-19(14)26)12-23(13-20)18(25)10-22-15-5-6-15/h14-16,21-22H,3-13H2,1-2H3. The van der Waals surface area contributed by atoms with E-state index in [1.54, 1.807) is 18.9 Å². The predicted octanol–water partition coefficient (Wildman–Crippen LogP) is 0.246. The molecule has 0 aromatic rings. The van der Waals surface area contributed by atoms with Gasteiger partial charge in [-0.1, -0.05) is 0 Å². The average Bonchev–Trinajstić information content (AvgIpc) is 3.48. The highest BCUT2D eigenvalue weighted by Crippen LogP contribution is 2.27. The number of rotatable bonds is 4. The molecule has 0 aromatic carbocycles. The van der Waals surface area contributed by atoms with Crippen LogP contribution in [0.2, 0.25) is 0 Å². The summed E-state index contributed by atoms with van der Waals surface area (Å²) in [6.45, 7) is 3.94. The zero-order valence-electron chi connectivity index (χ0n) is 17.0. The van der Waals surface area contributed by atoms with Crippen LogP contribution in [0.3, 0.4) is 0 Å². The van der Waals surface area contributed by atoms with Gasteiger partial charge in [0.1, 0.15) is 11.7 Å². The topological polar surface area (TPSA) is 97.0 Å². The summed E-state index contributed by atoms with van der Waals surface area (Å²) < 4.78 is 11.2. The Bertz CT molecular complexity index is 586. The number of carbonyl (C=O) groups is 3. The summed E-state index contributed by atoms with van der Waals surface area (Å²) in [4.78, 5) is 39.0. The van der Waals surface area contributed by atoms with Gasteiger partial charge in [0.15, 0.2) is 5.60 Å². The monoisotopic (exact) mass is 395 g/mol. The van der Waals surface area contributed by atoms with Gasteiger partial charge in [0.25, 0.3) is 0 Å². The van der Waals surface area contributed by atoms with Crippen molar-refractivity contribution >= 4 is 17.7 Å². The van der Waals surface area contributed by atoms with Crippen LogP contribution in [0.15, 0.2) is 0 Å². The molecule has 0 radical (unpaired) electrons. The first-order valence-electron chi connectivity index (χ1n) is 10.4. The lowest BCUT2D eigenvalue weighted by molar-refractivity contribution is -0.188. The van der Waals surface area contributed by atoms with Gasteiger partial charge in [0.2, 0.25) is 5.91 Å². The third kappa shape index (κ3) is 5.52. The van der Waals surface area contributed by atoms with Crippen LogP contribution in [0.25, 0.3) is 0 Å². The number of ketones is 1. The Morgan fingerprint density at radius 1 is 1.29 bits per heavy atom. The van der Waals surface area contributed by atoms with Gasteiger partial charge in [-0.25, -0.2) is 0 Å². The van der Waals surface area contributed by atoms with Crippen LogP contribution in [-0.4, -0.2) is 80.1 Å². The van der Waals surface area contributed by atoms with E-state index in [9.17, 15) is 14.4 Å². The minimum Gasteiger partial charge on any atom is -0.453 e. The van der Waals surface area contributed by atoms with Crippen LogP contribution in [0.1, 0.15) is 45.4 Å². The molecule has 2 aliphatic heterocycles. The normalized spacial score (nSPS) is 29.3. The summed E-state index contributed by atoms with van der Waals surface area (Å²) in [6, 6.07) is 0.478. The van der Waals surface area contributed by atoms with Crippen LogP contribution in [0.5, 0.6) is 0 Å². The SMILES string of the molecule is COC1CCCNCC2(CN(C(=O)CNC3CC3)C2)OC(=O)C(C)C(=O)CC1.